The molecule has 1 aromatic rings. The smallest absolute Gasteiger partial charge is 0.328 e. The summed E-state index contributed by atoms with van der Waals surface area (Å²) in [5.74, 6) is -1.25. The quantitative estimate of drug-likeness (QED) is 0.817. The number of anilines is 1. The van der Waals surface area contributed by atoms with E-state index in [9.17, 15) is 14.4 Å². The van der Waals surface area contributed by atoms with E-state index in [2.05, 4.69) is 10.6 Å². The average Bonchev–Trinajstić information content (AvgIpc) is 2.43. The topological polar surface area (TPSA) is 78.5 Å². The Hall–Kier alpha value is -2.63. The first kappa shape index (κ1) is 14.8. The van der Waals surface area contributed by atoms with E-state index in [0.717, 1.165) is 11.3 Å². The van der Waals surface area contributed by atoms with E-state index in [1.54, 1.807) is 6.08 Å². The van der Waals surface area contributed by atoms with Crippen molar-refractivity contribution in [2.45, 2.75) is 6.92 Å². The number of benzene rings is 1. The molecule has 2 rings (SSSR count). The second-order valence-electron chi connectivity index (χ2n) is 5.26. The van der Waals surface area contributed by atoms with Gasteiger partial charge in [-0.2, -0.15) is 0 Å². The van der Waals surface area contributed by atoms with Crippen LogP contribution >= 0.6 is 0 Å². The third kappa shape index (κ3) is 2.94. The van der Waals surface area contributed by atoms with Crippen LogP contribution in [-0.2, 0) is 9.59 Å². The second kappa shape index (κ2) is 5.40. The highest BCUT2D eigenvalue weighted by Crippen LogP contribution is 2.23. The molecule has 0 aromatic heterocycles. The summed E-state index contributed by atoms with van der Waals surface area (Å²) < 4.78 is 0. The fraction of sp³-hybridized carbons (Fsp3) is 0.267. The number of hydrogen-bond acceptors (Lipinski definition) is 4. The zero-order valence-electron chi connectivity index (χ0n) is 12.1. The molecule has 0 aliphatic carbocycles. The van der Waals surface area contributed by atoms with Crippen molar-refractivity contribution in [1.29, 1.82) is 0 Å². The van der Waals surface area contributed by atoms with Gasteiger partial charge in [-0.1, -0.05) is 24.3 Å². The molecule has 2 N–H and O–H groups in total. The molecule has 1 aliphatic rings. The van der Waals surface area contributed by atoms with E-state index in [1.165, 1.54) is 13.0 Å². The summed E-state index contributed by atoms with van der Waals surface area (Å²) in [5.41, 5.74) is 0.519. The predicted octanol–water partition coefficient (Wildman–Crippen LogP) is 1.14. The molecule has 4 amide bonds. The minimum atomic E-state index is -1.39. The van der Waals surface area contributed by atoms with Crippen molar-refractivity contribution < 1.29 is 14.4 Å². The van der Waals surface area contributed by atoms with Crippen LogP contribution in [0.1, 0.15) is 12.5 Å². The third-order valence-electron chi connectivity index (χ3n) is 3.42. The Kier molecular flexibility index (Phi) is 3.80. The maximum atomic E-state index is 11.9. The lowest BCUT2D eigenvalue weighted by atomic mass is 9.86. The highest BCUT2D eigenvalue weighted by Gasteiger charge is 2.44. The number of carbonyl (C=O) groups is 3. The van der Waals surface area contributed by atoms with Gasteiger partial charge >= 0.3 is 6.03 Å². The monoisotopic (exact) mass is 287 g/mol. The summed E-state index contributed by atoms with van der Waals surface area (Å²) in [6.45, 7) is 1.47. The summed E-state index contributed by atoms with van der Waals surface area (Å²) in [4.78, 5) is 36.7. The summed E-state index contributed by atoms with van der Waals surface area (Å²) in [5, 5.41) is 4.19. The number of urea groups is 1. The Morgan fingerprint density at radius 2 is 1.52 bits per heavy atom. The number of nitrogens with zero attached hydrogens (tertiary/aromatic N) is 1. The van der Waals surface area contributed by atoms with Crippen LogP contribution < -0.4 is 15.5 Å². The van der Waals surface area contributed by atoms with Gasteiger partial charge in [0.15, 0.2) is 0 Å². The van der Waals surface area contributed by atoms with Crippen LogP contribution in [0.5, 0.6) is 0 Å². The molecule has 0 radical (unpaired) electrons. The first-order chi connectivity index (χ1) is 9.83. The molecule has 0 spiro atoms. The molecule has 0 unspecified atom stereocenters. The standard InChI is InChI=1S/C15H17N3O3/c1-15(12(19)16-14(21)17-13(15)20)9-8-10-4-6-11(7-5-10)18(2)3/h4-9H,1-3H3,(H2,16,17,19,20,21). The van der Waals surface area contributed by atoms with Crippen molar-refractivity contribution in [2.75, 3.05) is 19.0 Å². The van der Waals surface area contributed by atoms with Gasteiger partial charge in [0.05, 0.1) is 0 Å². The number of barbiturate groups is 1. The van der Waals surface area contributed by atoms with Gasteiger partial charge in [0.1, 0.15) is 5.41 Å². The Morgan fingerprint density at radius 1 is 1.00 bits per heavy atom. The maximum Gasteiger partial charge on any atom is 0.328 e. The highest BCUT2D eigenvalue weighted by molar-refractivity contribution is 6.20. The van der Waals surface area contributed by atoms with E-state index in [4.69, 9.17) is 0 Å². The molecule has 1 aliphatic heterocycles. The zero-order chi connectivity index (χ0) is 15.6. The van der Waals surface area contributed by atoms with E-state index in [-0.39, 0.29) is 0 Å². The normalized spacial score (nSPS) is 17.6. The number of imide groups is 2. The van der Waals surface area contributed by atoms with Gasteiger partial charge in [0.25, 0.3) is 0 Å². The van der Waals surface area contributed by atoms with Crippen LogP contribution in [0.4, 0.5) is 10.5 Å². The van der Waals surface area contributed by atoms with Crippen molar-refractivity contribution in [3.8, 4) is 0 Å². The number of carbonyl (C=O) groups excluding carboxylic acids is 3. The van der Waals surface area contributed by atoms with Gasteiger partial charge in [-0.25, -0.2) is 4.79 Å². The molecule has 0 saturated carbocycles. The molecule has 1 aromatic carbocycles. The Balaban J connectivity index is 2.21. The fourth-order valence-corrected chi connectivity index (χ4v) is 1.90. The first-order valence-corrected chi connectivity index (χ1v) is 6.46. The molecule has 0 bridgehead atoms. The number of nitrogens with one attached hydrogen (secondary N) is 2. The Bertz CT molecular complexity index is 598. The van der Waals surface area contributed by atoms with Crippen LogP contribution in [0, 0.1) is 5.41 Å². The van der Waals surface area contributed by atoms with Gasteiger partial charge in [0, 0.05) is 19.8 Å². The first-order valence-electron chi connectivity index (χ1n) is 6.46. The van der Waals surface area contributed by atoms with E-state index in [0.29, 0.717) is 0 Å². The predicted molar refractivity (Wildman–Crippen MR) is 79.6 cm³/mol. The van der Waals surface area contributed by atoms with Crippen LogP contribution in [0.25, 0.3) is 6.08 Å². The second-order valence-corrected chi connectivity index (χ2v) is 5.26. The van der Waals surface area contributed by atoms with E-state index in [1.807, 2.05) is 43.3 Å². The number of amides is 4. The van der Waals surface area contributed by atoms with Crippen molar-refractivity contribution in [2.24, 2.45) is 5.41 Å². The summed E-state index contributed by atoms with van der Waals surface area (Å²) >= 11 is 0. The Morgan fingerprint density at radius 3 is 2.00 bits per heavy atom. The zero-order valence-corrected chi connectivity index (χ0v) is 12.1. The molecule has 110 valence electrons. The average molecular weight is 287 g/mol. The summed E-state index contributed by atoms with van der Waals surface area (Å²) in [6.07, 6.45) is 3.18. The lowest BCUT2D eigenvalue weighted by Crippen LogP contribution is -2.60. The van der Waals surface area contributed by atoms with Crippen LogP contribution in [0.3, 0.4) is 0 Å². The largest absolute Gasteiger partial charge is 0.378 e. The van der Waals surface area contributed by atoms with E-state index >= 15 is 0 Å². The van der Waals surface area contributed by atoms with Crippen molar-refractivity contribution in [1.82, 2.24) is 10.6 Å². The lowest BCUT2D eigenvalue weighted by Gasteiger charge is -2.27. The van der Waals surface area contributed by atoms with Gasteiger partial charge in [-0.05, 0) is 24.6 Å². The van der Waals surface area contributed by atoms with Gasteiger partial charge in [-0.15, -0.1) is 0 Å². The van der Waals surface area contributed by atoms with Gasteiger partial charge in [0.2, 0.25) is 11.8 Å². The molecular formula is C15H17N3O3. The molecular weight excluding hydrogens is 270 g/mol. The molecule has 1 heterocycles. The van der Waals surface area contributed by atoms with Crippen molar-refractivity contribution in [3.05, 3.63) is 35.9 Å². The molecule has 1 fully saturated rings. The molecule has 21 heavy (non-hydrogen) atoms. The number of rotatable bonds is 3. The summed E-state index contributed by atoms with van der Waals surface area (Å²) in [7, 11) is 3.89. The third-order valence-corrected chi connectivity index (χ3v) is 3.42. The van der Waals surface area contributed by atoms with Crippen LogP contribution in [0.15, 0.2) is 30.3 Å². The molecule has 6 nitrogen and oxygen atoms in total. The summed E-state index contributed by atoms with van der Waals surface area (Å²) in [6, 6.07) is 6.86. The minimum Gasteiger partial charge on any atom is -0.378 e. The SMILES string of the molecule is CN(C)c1ccc(C=CC2(C)C(=O)NC(=O)NC2=O)cc1. The van der Waals surface area contributed by atoms with Gasteiger partial charge < -0.3 is 4.90 Å². The molecule has 1 saturated heterocycles. The maximum absolute atomic E-state index is 11.9. The van der Waals surface area contributed by atoms with Crippen molar-refractivity contribution in [3.63, 3.8) is 0 Å². The van der Waals surface area contributed by atoms with E-state index < -0.39 is 23.3 Å². The fourth-order valence-electron chi connectivity index (χ4n) is 1.90. The highest BCUT2D eigenvalue weighted by atomic mass is 16.2. The van der Waals surface area contributed by atoms with Crippen LogP contribution in [-0.4, -0.2) is 31.9 Å². The minimum absolute atomic E-state index is 0.627. The lowest BCUT2D eigenvalue weighted by molar-refractivity contribution is -0.139. The Labute approximate surface area is 122 Å². The van der Waals surface area contributed by atoms with Gasteiger partial charge in [-0.3, -0.25) is 20.2 Å². The number of hydrogen-bond donors (Lipinski definition) is 2. The molecule has 0 atom stereocenters. The van der Waals surface area contributed by atoms with Crippen molar-refractivity contribution >= 4 is 29.6 Å². The van der Waals surface area contributed by atoms with Crippen LogP contribution in [0.2, 0.25) is 0 Å². The molecule has 6 heteroatoms.